The van der Waals surface area contributed by atoms with E-state index in [-0.39, 0.29) is 5.56 Å². The summed E-state index contributed by atoms with van der Waals surface area (Å²) in [5.41, 5.74) is 2.62. The topological polar surface area (TPSA) is 63.3 Å². The first-order valence-electron chi connectivity index (χ1n) is 6.01. The van der Waals surface area contributed by atoms with Crippen LogP contribution in [0.25, 0.3) is 11.1 Å². The molecule has 1 heterocycles. The van der Waals surface area contributed by atoms with Gasteiger partial charge in [0.15, 0.2) is 5.58 Å². The minimum Gasteiger partial charge on any atom is -0.478 e. The van der Waals surface area contributed by atoms with Crippen LogP contribution in [0.3, 0.4) is 0 Å². The maximum atomic E-state index is 11.3. The molecular weight excluding hydrogens is 274 g/mol. The zero-order valence-electron chi connectivity index (χ0n) is 10.7. The highest BCUT2D eigenvalue weighted by Gasteiger charge is 2.14. The molecule has 2 aromatic carbocycles. The molecule has 20 heavy (non-hydrogen) atoms. The summed E-state index contributed by atoms with van der Waals surface area (Å²) in [6.07, 6.45) is 0. The number of carboxylic acids is 1. The van der Waals surface area contributed by atoms with Gasteiger partial charge in [-0.25, -0.2) is 9.78 Å². The van der Waals surface area contributed by atoms with Gasteiger partial charge in [-0.1, -0.05) is 23.8 Å². The predicted molar refractivity (Wildman–Crippen MR) is 76.3 cm³/mol. The smallest absolute Gasteiger partial charge is 0.336 e. The third kappa shape index (κ3) is 2.40. The van der Waals surface area contributed by atoms with E-state index < -0.39 is 5.97 Å². The Morgan fingerprint density at radius 1 is 1.25 bits per heavy atom. The van der Waals surface area contributed by atoms with Crippen LogP contribution >= 0.6 is 11.8 Å². The first-order valence-corrected chi connectivity index (χ1v) is 6.82. The molecule has 0 aliphatic heterocycles. The summed E-state index contributed by atoms with van der Waals surface area (Å²) in [6.45, 7) is 1.86. The Hall–Kier alpha value is -2.27. The first-order chi connectivity index (χ1) is 9.63. The number of hydrogen-bond acceptors (Lipinski definition) is 4. The zero-order valence-corrected chi connectivity index (χ0v) is 11.5. The number of aromatic carboxylic acids is 1. The maximum absolute atomic E-state index is 11.3. The van der Waals surface area contributed by atoms with E-state index in [2.05, 4.69) is 4.98 Å². The number of fused-ring (bicyclic) bond motifs is 1. The van der Waals surface area contributed by atoms with E-state index in [1.807, 2.05) is 37.3 Å². The Morgan fingerprint density at radius 3 is 2.80 bits per heavy atom. The molecule has 0 atom stereocenters. The second-order valence-electron chi connectivity index (χ2n) is 4.35. The van der Waals surface area contributed by atoms with Crippen LogP contribution in [0.5, 0.6) is 0 Å². The lowest BCUT2D eigenvalue weighted by atomic mass is 10.1. The Morgan fingerprint density at radius 2 is 2.05 bits per heavy atom. The number of hydrogen-bond donors (Lipinski definition) is 1. The van der Waals surface area contributed by atoms with Crippen LogP contribution in [0.2, 0.25) is 0 Å². The van der Waals surface area contributed by atoms with Crippen molar-refractivity contribution in [3.8, 4) is 0 Å². The van der Waals surface area contributed by atoms with Crippen molar-refractivity contribution >= 4 is 28.8 Å². The molecule has 5 heteroatoms. The van der Waals surface area contributed by atoms with E-state index in [1.54, 1.807) is 12.1 Å². The molecule has 3 rings (SSSR count). The Bertz CT molecular complexity index is 762. The molecule has 100 valence electrons. The van der Waals surface area contributed by atoms with Gasteiger partial charge in [0.05, 0.1) is 5.56 Å². The second kappa shape index (κ2) is 5.02. The normalized spacial score (nSPS) is 10.8. The Balaban J connectivity index is 2.00. The fraction of sp³-hybridized carbons (Fsp3) is 0.0667. The van der Waals surface area contributed by atoms with Crippen molar-refractivity contribution in [1.82, 2.24) is 4.98 Å². The SMILES string of the molecule is Cc1ccc(Sc2nc3ccccc3o2)c(C(=O)O)c1. The van der Waals surface area contributed by atoms with Gasteiger partial charge in [-0.2, -0.15) is 0 Å². The summed E-state index contributed by atoms with van der Waals surface area (Å²) in [7, 11) is 0. The van der Waals surface area contributed by atoms with Crippen molar-refractivity contribution in [1.29, 1.82) is 0 Å². The van der Waals surface area contributed by atoms with E-state index in [0.29, 0.717) is 15.7 Å². The number of para-hydroxylation sites is 2. The lowest BCUT2D eigenvalue weighted by molar-refractivity contribution is 0.0693. The van der Waals surface area contributed by atoms with Crippen molar-refractivity contribution in [2.75, 3.05) is 0 Å². The third-order valence-corrected chi connectivity index (χ3v) is 3.76. The van der Waals surface area contributed by atoms with E-state index in [1.165, 1.54) is 11.8 Å². The van der Waals surface area contributed by atoms with Gasteiger partial charge in [-0.15, -0.1) is 0 Å². The number of benzene rings is 2. The molecule has 0 unspecified atom stereocenters. The van der Waals surface area contributed by atoms with Crippen molar-refractivity contribution in [2.45, 2.75) is 17.0 Å². The molecule has 0 aliphatic rings. The van der Waals surface area contributed by atoms with E-state index in [4.69, 9.17) is 4.42 Å². The van der Waals surface area contributed by atoms with Crippen LogP contribution in [0.4, 0.5) is 0 Å². The van der Waals surface area contributed by atoms with Gasteiger partial charge in [-0.05, 0) is 43.0 Å². The van der Waals surface area contributed by atoms with Gasteiger partial charge < -0.3 is 9.52 Å². The minimum atomic E-state index is -0.952. The van der Waals surface area contributed by atoms with Crippen LogP contribution in [-0.2, 0) is 0 Å². The molecule has 0 radical (unpaired) electrons. The Labute approximate surface area is 119 Å². The second-order valence-corrected chi connectivity index (χ2v) is 5.35. The zero-order chi connectivity index (χ0) is 14.1. The summed E-state index contributed by atoms with van der Waals surface area (Å²) in [6, 6.07) is 12.7. The van der Waals surface area contributed by atoms with Crippen LogP contribution < -0.4 is 0 Å². The van der Waals surface area contributed by atoms with Crippen LogP contribution in [0.15, 0.2) is 57.0 Å². The molecule has 0 bridgehead atoms. The van der Waals surface area contributed by atoms with E-state index in [9.17, 15) is 9.90 Å². The lowest BCUT2D eigenvalue weighted by Crippen LogP contribution is -1.99. The molecule has 1 N–H and O–H groups in total. The number of rotatable bonds is 3. The van der Waals surface area contributed by atoms with Gasteiger partial charge in [0.25, 0.3) is 5.22 Å². The van der Waals surface area contributed by atoms with Crippen LogP contribution in [-0.4, -0.2) is 16.1 Å². The third-order valence-electron chi connectivity index (χ3n) is 2.84. The molecule has 3 aromatic rings. The summed E-state index contributed by atoms with van der Waals surface area (Å²) >= 11 is 1.22. The first kappa shape index (κ1) is 12.7. The van der Waals surface area contributed by atoms with Gasteiger partial charge in [0.1, 0.15) is 5.52 Å². The standard InChI is InChI=1S/C15H11NO3S/c1-9-6-7-13(10(8-9)14(17)18)20-15-16-11-4-2-3-5-12(11)19-15/h2-8H,1H3,(H,17,18). The van der Waals surface area contributed by atoms with Gasteiger partial charge >= 0.3 is 5.97 Å². The molecule has 4 nitrogen and oxygen atoms in total. The predicted octanol–water partition coefficient (Wildman–Crippen LogP) is 3.99. The highest BCUT2D eigenvalue weighted by atomic mass is 32.2. The summed E-state index contributed by atoms with van der Waals surface area (Å²) in [4.78, 5) is 16.2. The van der Waals surface area contributed by atoms with Crippen molar-refractivity contribution in [3.05, 3.63) is 53.6 Å². The lowest BCUT2D eigenvalue weighted by Gasteiger charge is -2.04. The average Bonchev–Trinajstić information content (AvgIpc) is 2.82. The number of carboxylic acid groups (broad SMARTS) is 1. The van der Waals surface area contributed by atoms with E-state index >= 15 is 0 Å². The Kier molecular flexibility index (Phi) is 3.20. The molecule has 0 aliphatic carbocycles. The molecule has 0 amide bonds. The van der Waals surface area contributed by atoms with Crippen LogP contribution in [0.1, 0.15) is 15.9 Å². The largest absolute Gasteiger partial charge is 0.478 e. The van der Waals surface area contributed by atoms with Gasteiger partial charge in [0.2, 0.25) is 0 Å². The highest BCUT2D eigenvalue weighted by molar-refractivity contribution is 7.99. The molecule has 0 saturated carbocycles. The quantitative estimate of drug-likeness (QED) is 0.788. The van der Waals surface area contributed by atoms with Crippen molar-refractivity contribution in [2.24, 2.45) is 0 Å². The maximum Gasteiger partial charge on any atom is 0.336 e. The number of aromatic nitrogens is 1. The van der Waals surface area contributed by atoms with Crippen molar-refractivity contribution < 1.29 is 14.3 Å². The average molecular weight is 285 g/mol. The number of nitrogens with zero attached hydrogens (tertiary/aromatic N) is 1. The number of aryl methyl sites for hydroxylation is 1. The van der Waals surface area contributed by atoms with Crippen molar-refractivity contribution in [3.63, 3.8) is 0 Å². The number of carbonyl (C=O) groups is 1. The number of oxazole rings is 1. The monoisotopic (exact) mass is 285 g/mol. The van der Waals surface area contributed by atoms with Gasteiger partial charge in [0, 0.05) is 4.90 Å². The van der Waals surface area contributed by atoms with E-state index in [0.717, 1.165) is 11.1 Å². The van der Waals surface area contributed by atoms with Crippen LogP contribution in [0, 0.1) is 6.92 Å². The fourth-order valence-electron chi connectivity index (χ4n) is 1.89. The molecule has 0 spiro atoms. The molecule has 0 fully saturated rings. The molecule has 1 aromatic heterocycles. The summed E-state index contributed by atoms with van der Waals surface area (Å²) in [5.74, 6) is -0.952. The summed E-state index contributed by atoms with van der Waals surface area (Å²) < 4.78 is 5.60. The highest BCUT2D eigenvalue weighted by Crippen LogP contribution is 2.32. The molecule has 0 saturated heterocycles. The fourth-order valence-corrected chi connectivity index (χ4v) is 2.74. The summed E-state index contributed by atoms with van der Waals surface area (Å²) in [5, 5.41) is 9.69. The van der Waals surface area contributed by atoms with Gasteiger partial charge in [-0.3, -0.25) is 0 Å². The molecular formula is C15H11NO3S. The minimum absolute atomic E-state index is 0.261.